The molecule has 0 saturated heterocycles. The minimum atomic E-state index is -1.13. The van der Waals surface area contributed by atoms with Gasteiger partial charge in [-0.25, -0.2) is 0 Å². The number of quaternary nitrogens is 1. The lowest BCUT2D eigenvalue weighted by Gasteiger charge is -2.46. The Labute approximate surface area is 196 Å². The van der Waals surface area contributed by atoms with E-state index in [1.165, 1.54) is 64.2 Å². The molecule has 1 aliphatic rings. The van der Waals surface area contributed by atoms with E-state index in [1.807, 2.05) is 48.6 Å². The van der Waals surface area contributed by atoms with Gasteiger partial charge in [0.25, 0.3) is 0 Å². The predicted molar refractivity (Wildman–Crippen MR) is 136 cm³/mol. The molecule has 0 heterocycles. The van der Waals surface area contributed by atoms with Crippen molar-refractivity contribution in [3.05, 3.63) is 60.2 Å². The van der Waals surface area contributed by atoms with Crippen molar-refractivity contribution in [2.24, 2.45) is 0 Å². The Bertz CT molecular complexity index is 684. The van der Waals surface area contributed by atoms with Gasteiger partial charge in [-0.05, 0) is 24.8 Å². The van der Waals surface area contributed by atoms with Gasteiger partial charge in [0.2, 0.25) is 0 Å². The number of halogens is 1. The number of likely N-dealkylation sites (N-methyl/N-ethyl adjacent to an activating group) is 1. The summed E-state index contributed by atoms with van der Waals surface area (Å²) in [6.45, 7) is 3.92. The quantitative estimate of drug-likeness (QED) is 0.169. The third kappa shape index (κ3) is 8.08. The minimum Gasteiger partial charge on any atom is -0.377 e. The van der Waals surface area contributed by atoms with Crippen LogP contribution < -0.4 is 0 Å². The molecule has 31 heavy (non-hydrogen) atoms. The molecule has 0 aliphatic heterocycles. The van der Waals surface area contributed by atoms with E-state index in [0.29, 0.717) is 13.0 Å². The molecule has 174 valence electrons. The second kappa shape index (κ2) is 12.8. The largest absolute Gasteiger partial charge is 0.377 e. The third-order valence-corrected chi connectivity index (χ3v) is 7.33. The van der Waals surface area contributed by atoms with Crippen LogP contribution in [0.1, 0.15) is 83.1 Å². The van der Waals surface area contributed by atoms with Crippen LogP contribution >= 0.6 is 11.6 Å². The second-order valence-electron chi connectivity index (χ2n) is 10.1. The first-order chi connectivity index (χ1) is 14.8. The number of allylic oxidation sites excluding steroid dienone is 3. The lowest BCUT2D eigenvalue weighted by atomic mass is 9.76. The molecule has 1 aromatic carbocycles. The zero-order valence-corrected chi connectivity index (χ0v) is 20.9. The standard InChI is InChI=1S/C28H45ClNO/c1-4-5-6-7-8-9-10-11-12-19-24-30(2,3)25-28(31,26-20-15-13-16-21-26)27(29)22-17-14-18-23-27/h13-18,20-22,31H,4-12,19,23-25H2,1-3H3/q+1. The molecule has 1 N–H and O–H groups in total. The van der Waals surface area contributed by atoms with Gasteiger partial charge in [0, 0.05) is 0 Å². The number of nitrogens with zero attached hydrogens (tertiary/aromatic N) is 1. The van der Waals surface area contributed by atoms with Crippen molar-refractivity contribution in [2.45, 2.75) is 88.0 Å². The van der Waals surface area contributed by atoms with Crippen molar-refractivity contribution in [2.75, 3.05) is 27.2 Å². The van der Waals surface area contributed by atoms with Crippen LogP contribution in [0.5, 0.6) is 0 Å². The van der Waals surface area contributed by atoms with Gasteiger partial charge in [-0.1, -0.05) is 113 Å². The van der Waals surface area contributed by atoms with Crippen LogP contribution in [0.15, 0.2) is 54.6 Å². The average Bonchev–Trinajstić information content (AvgIpc) is 2.76. The summed E-state index contributed by atoms with van der Waals surface area (Å²) in [6, 6.07) is 10.00. The summed E-state index contributed by atoms with van der Waals surface area (Å²) in [5.74, 6) is 0. The molecule has 0 aromatic heterocycles. The molecule has 0 bridgehead atoms. The Morgan fingerprint density at radius 1 is 0.903 bits per heavy atom. The first-order valence-electron chi connectivity index (χ1n) is 12.5. The Balaban J connectivity index is 1.87. The van der Waals surface area contributed by atoms with Gasteiger partial charge in [0.05, 0.1) is 20.6 Å². The molecule has 1 aromatic rings. The number of aliphatic hydroxyl groups is 1. The van der Waals surface area contributed by atoms with Gasteiger partial charge in [-0.3, -0.25) is 0 Å². The second-order valence-corrected chi connectivity index (χ2v) is 10.8. The number of unbranched alkanes of at least 4 members (excludes halogenated alkanes) is 9. The van der Waals surface area contributed by atoms with Gasteiger partial charge in [0.1, 0.15) is 11.4 Å². The summed E-state index contributed by atoms with van der Waals surface area (Å²) in [4.78, 5) is -0.823. The number of hydrogen-bond donors (Lipinski definition) is 1. The molecule has 2 nitrogen and oxygen atoms in total. The molecule has 0 radical (unpaired) electrons. The predicted octanol–water partition coefficient (Wildman–Crippen LogP) is 7.37. The molecule has 0 spiro atoms. The van der Waals surface area contributed by atoms with E-state index in [4.69, 9.17) is 11.6 Å². The van der Waals surface area contributed by atoms with Crippen LogP contribution in [0.4, 0.5) is 0 Å². The van der Waals surface area contributed by atoms with Crippen LogP contribution in [0.3, 0.4) is 0 Å². The van der Waals surface area contributed by atoms with Gasteiger partial charge < -0.3 is 9.59 Å². The normalized spacial score (nSPS) is 20.7. The molecular weight excluding hydrogens is 402 g/mol. The van der Waals surface area contributed by atoms with Crippen LogP contribution in [0.2, 0.25) is 0 Å². The first-order valence-corrected chi connectivity index (χ1v) is 12.8. The van der Waals surface area contributed by atoms with Crippen LogP contribution in [0.25, 0.3) is 0 Å². The molecule has 0 amide bonds. The van der Waals surface area contributed by atoms with Crippen LogP contribution in [-0.2, 0) is 5.60 Å². The minimum absolute atomic E-state index is 0.593. The fraction of sp³-hybridized carbons (Fsp3) is 0.643. The molecule has 0 fully saturated rings. The molecular formula is C28H45ClNO+. The lowest BCUT2D eigenvalue weighted by Crippen LogP contribution is -2.59. The number of benzene rings is 1. The molecule has 2 unspecified atom stereocenters. The summed E-state index contributed by atoms with van der Waals surface area (Å²) < 4.78 is 0.758. The fourth-order valence-electron chi connectivity index (χ4n) is 4.80. The monoisotopic (exact) mass is 446 g/mol. The maximum Gasteiger partial charge on any atom is 0.161 e. The number of rotatable bonds is 15. The highest BCUT2D eigenvalue weighted by Crippen LogP contribution is 2.44. The third-order valence-electron chi connectivity index (χ3n) is 6.74. The molecule has 2 atom stereocenters. The summed E-state index contributed by atoms with van der Waals surface area (Å²) in [5.41, 5.74) is -0.224. The van der Waals surface area contributed by atoms with Crippen molar-refractivity contribution >= 4 is 11.6 Å². The van der Waals surface area contributed by atoms with Gasteiger partial charge in [0.15, 0.2) is 5.60 Å². The summed E-state index contributed by atoms with van der Waals surface area (Å²) in [6.07, 6.45) is 22.1. The van der Waals surface area contributed by atoms with Gasteiger partial charge >= 0.3 is 0 Å². The maximum atomic E-state index is 12.0. The number of alkyl halides is 1. The highest BCUT2D eigenvalue weighted by Gasteiger charge is 2.52. The highest BCUT2D eigenvalue weighted by molar-refractivity contribution is 6.26. The lowest BCUT2D eigenvalue weighted by molar-refractivity contribution is -0.898. The zero-order chi connectivity index (χ0) is 22.6. The van der Waals surface area contributed by atoms with Crippen molar-refractivity contribution in [1.29, 1.82) is 0 Å². The maximum absolute atomic E-state index is 12.0. The fourth-order valence-corrected chi connectivity index (χ4v) is 5.13. The van der Waals surface area contributed by atoms with Crippen molar-refractivity contribution < 1.29 is 9.59 Å². The van der Waals surface area contributed by atoms with Gasteiger partial charge in [-0.15, -0.1) is 11.6 Å². The van der Waals surface area contributed by atoms with Crippen molar-refractivity contribution in [3.63, 3.8) is 0 Å². The molecule has 0 saturated carbocycles. The summed E-state index contributed by atoms with van der Waals surface area (Å²) in [7, 11) is 4.45. The molecule has 3 heteroatoms. The summed E-state index contributed by atoms with van der Waals surface area (Å²) in [5, 5.41) is 12.0. The Morgan fingerprint density at radius 2 is 1.48 bits per heavy atom. The molecule has 1 aliphatic carbocycles. The zero-order valence-electron chi connectivity index (χ0n) is 20.2. The van der Waals surface area contributed by atoms with Gasteiger partial charge in [-0.2, -0.15) is 0 Å². The van der Waals surface area contributed by atoms with E-state index in [2.05, 4.69) is 27.1 Å². The molecule has 2 rings (SSSR count). The van der Waals surface area contributed by atoms with E-state index in [9.17, 15) is 5.11 Å². The van der Waals surface area contributed by atoms with Crippen molar-refractivity contribution in [3.8, 4) is 0 Å². The van der Waals surface area contributed by atoms with E-state index in [0.717, 1.165) is 16.6 Å². The Morgan fingerprint density at radius 3 is 2.03 bits per heavy atom. The van der Waals surface area contributed by atoms with E-state index < -0.39 is 10.5 Å². The van der Waals surface area contributed by atoms with Crippen molar-refractivity contribution in [1.82, 2.24) is 0 Å². The first kappa shape index (κ1) is 26.2. The van der Waals surface area contributed by atoms with Crippen LogP contribution in [-0.4, -0.2) is 41.6 Å². The average molecular weight is 447 g/mol. The van der Waals surface area contributed by atoms with E-state index in [1.54, 1.807) is 0 Å². The highest BCUT2D eigenvalue weighted by atomic mass is 35.5. The number of hydrogen-bond acceptors (Lipinski definition) is 1. The topological polar surface area (TPSA) is 20.2 Å². The van der Waals surface area contributed by atoms with E-state index >= 15 is 0 Å². The van der Waals surface area contributed by atoms with Crippen LogP contribution in [0, 0.1) is 0 Å². The summed E-state index contributed by atoms with van der Waals surface area (Å²) >= 11 is 7.09. The SMILES string of the molecule is CCCCCCCCCCCC[N+](C)(C)CC(O)(c1ccccc1)C1(Cl)C=CC=CC1. The Hall–Kier alpha value is -1.09. The Kier molecular flexibility index (Phi) is 10.8. The smallest absolute Gasteiger partial charge is 0.161 e. The van der Waals surface area contributed by atoms with E-state index in [-0.39, 0.29) is 0 Å².